The summed E-state index contributed by atoms with van der Waals surface area (Å²) in [6.07, 6.45) is 3.28. The van der Waals surface area contributed by atoms with E-state index in [0.29, 0.717) is 0 Å². The van der Waals surface area contributed by atoms with Gasteiger partial charge in [0, 0.05) is 24.4 Å². The van der Waals surface area contributed by atoms with E-state index in [1.54, 1.807) is 23.0 Å². The number of carbonyl (C=O) groups is 1. The van der Waals surface area contributed by atoms with E-state index in [1.165, 1.54) is 18.2 Å². The highest BCUT2D eigenvalue weighted by molar-refractivity contribution is 5.95. The molecule has 0 aliphatic rings. The molecule has 1 heterocycles. The van der Waals surface area contributed by atoms with Crippen LogP contribution in [-0.4, -0.2) is 15.7 Å². The Balaban J connectivity index is 2.07. The lowest BCUT2D eigenvalue weighted by molar-refractivity contribution is -0.117. The molecule has 0 aliphatic carbocycles. The largest absolute Gasteiger partial charge is 0.346 e. The lowest BCUT2D eigenvalue weighted by Crippen LogP contribution is -2.25. The minimum Gasteiger partial charge on any atom is -0.346 e. The lowest BCUT2D eigenvalue weighted by Gasteiger charge is -2.12. The molecule has 0 aliphatic heterocycles. The molecule has 0 radical (unpaired) electrons. The maximum atomic E-state index is 12.9. The highest BCUT2D eigenvalue weighted by Crippen LogP contribution is 2.17. The Morgan fingerprint density at radius 2 is 2.00 bits per heavy atom. The summed E-state index contributed by atoms with van der Waals surface area (Å²) in [5, 5.41) is 7.10. The molecule has 0 fully saturated rings. The highest BCUT2D eigenvalue weighted by atomic mass is 19.1. The van der Waals surface area contributed by atoms with Gasteiger partial charge in [-0.15, -0.1) is 0 Å². The molecule has 2 aromatic rings. The Bertz CT molecular complexity index is 701. The van der Waals surface area contributed by atoms with E-state index in [1.807, 2.05) is 27.8 Å². The first-order valence-corrected chi connectivity index (χ1v) is 7.11. The van der Waals surface area contributed by atoms with Crippen molar-refractivity contribution >= 4 is 11.5 Å². The van der Waals surface area contributed by atoms with Crippen LogP contribution < -0.4 is 5.32 Å². The minimum absolute atomic E-state index is 0.126. The number of carbonyl (C=O) groups excluding carboxylic acids is 1. The fraction of sp³-hybridized carbons (Fsp3) is 0.294. The maximum Gasteiger partial charge on any atom is 0.244 e. The van der Waals surface area contributed by atoms with Crippen molar-refractivity contribution in [3.8, 4) is 0 Å². The summed E-state index contributed by atoms with van der Waals surface area (Å²) < 4.78 is 14.7. The number of hydrogen-bond acceptors (Lipinski definition) is 2. The third-order valence-corrected chi connectivity index (χ3v) is 3.75. The number of benzene rings is 1. The summed E-state index contributed by atoms with van der Waals surface area (Å²) in [5.74, 6) is -0.473. The van der Waals surface area contributed by atoms with Gasteiger partial charge in [0.2, 0.25) is 5.91 Å². The predicted molar refractivity (Wildman–Crippen MR) is 84.6 cm³/mol. The number of nitrogens with zero attached hydrogens (tertiary/aromatic N) is 2. The van der Waals surface area contributed by atoms with Gasteiger partial charge in [-0.2, -0.15) is 5.10 Å². The van der Waals surface area contributed by atoms with Gasteiger partial charge >= 0.3 is 0 Å². The van der Waals surface area contributed by atoms with Crippen molar-refractivity contribution in [1.29, 1.82) is 0 Å². The summed E-state index contributed by atoms with van der Waals surface area (Å²) in [6, 6.07) is 5.95. The van der Waals surface area contributed by atoms with Crippen molar-refractivity contribution in [2.45, 2.75) is 26.8 Å². The van der Waals surface area contributed by atoms with E-state index in [2.05, 4.69) is 10.4 Å². The molecule has 0 bridgehead atoms. The molecule has 1 aromatic carbocycles. The van der Waals surface area contributed by atoms with Crippen LogP contribution in [0, 0.1) is 12.7 Å². The molecule has 1 N–H and O–H groups in total. The number of amides is 1. The normalized spacial score (nSPS) is 13.0. The third-order valence-electron chi connectivity index (χ3n) is 3.75. The van der Waals surface area contributed by atoms with Gasteiger partial charge in [-0.25, -0.2) is 4.39 Å². The average Bonchev–Trinajstić information content (AvgIpc) is 2.79. The van der Waals surface area contributed by atoms with Crippen LogP contribution in [0.3, 0.4) is 0 Å². The number of aromatic nitrogens is 2. The number of aryl methyl sites for hydroxylation is 1. The quantitative estimate of drug-likeness (QED) is 0.882. The molecule has 0 unspecified atom stereocenters. The van der Waals surface area contributed by atoms with Crippen LogP contribution in [0.2, 0.25) is 0 Å². The molecular formula is C17H20FN3O. The highest BCUT2D eigenvalue weighted by Gasteiger charge is 2.13. The Hall–Kier alpha value is -2.43. The molecule has 116 valence electrons. The van der Waals surface area contributed by atoms with Crippen LogP contribution in [0.1, 0.15) is 36.7 Å². The fourth-order valence-electron chi connectivity index (χ4n) is 2.27. The summed E-state index contributed by atoms with van der Waals surface area (Å²) in [6.45, 7) is 5.71. The average molecular weight is 301 g/mol. The molecule has 1 amide bonds. The van der Waals surface area contributed by atoms with Crippen LogP contribution in [0.4, 0.5) is 4.39 Å². The zero-order valence-corrected chi connectivity index (χ0v) is 13.2. The lowest BCUT2D eigenvalue weighted by atomic mass is 10.1. The Kier molecular flexibility index (Phi) is 4.75. The van der Waals surface area contributed by atoms with Crippen molar-refractivity contribution in [1.82, 2.24) is 15.1 Å². The van der Waals surface area contributed by atoms with Gasteiger partial charge in [0.25, 0.3) is 0 Å². The van der Waals surface area contributed by atoms with Crippen LogP contribution in [0.25, 0.3) is 5.57 Å². The second kappa shape index (κ2) is 6.56. The van der Waals surface area contributed by atoms with Gasteiger partial charge in [-0.3, -0.25) is 9.48 Å². The molecule has 0 saturated carbocycles. The monoisotopic (exact) mass is 301 g/mol. The molecule has 5 heteroatoms. The van der Waals surface area contributed by atoms with Gasteiger partial charge in [-0.05, 0) is 44.0 Å². The predicted octanol–water partition coefficient (Wildman–Crippen LogP) is 3.15. The topological polar surface area (TPSA) is 46.9 Å². The Morgan fingerprint density at radius 3 is 2.55 bits per heavy atom. The number of rotatable bonds is 4. The van der Waals surface area contributed by atoms with Crippen LogP contribution in [0.15, 0.2) is 36.5 Å². The minimum atomic E-state index is -0.290. The van der Waals surface area contributed by atoms with E-state index in [4.69, 9.17) is 0 Å². The SMILES string of the molecule is C/C(=C\C(=O)N[C@H](C)c1cnn(C)c1C)c1ccc(F)cc1. The number of allylic oxidation sites excluding steroid dienone is 1. The second-order valence-corrected chi connectivity index (χ2v) is 5.37. The van der Waals surface area contributed by atoms with Crippen molar-refractivity contribution in [3.63, 3.8) is 0 Å². The molecule has 2 rings (SSSR count). The van der Waals surface area contributed by atoms with E-state index >= 15 is 0 Å². The molecule has 22 heavy (non-hydrogen) atoms. The first-order valence-electron chi connectivity index (χ1n) is 7.11. The molecular weight excluding hydrogens is 281 g/mol. The van der Waals surface area contributed by atoms with Gasteiger partial charge < -0.3 is 5.32 Å². The first kappa shape index (κ1) is 15.9. The van der Waals surface area contributed by atoms with Crippen molar-refractivity contribution in [3.05, 3.63) is 59.2 Å². The van der Waals surface area contributed by atoms with Gasteiger partial charge in [0.15, 0.2) is 0 Å². The molecule has 1 atom stereocenters. The van der Waals surface area contributed by atoms with E-state index in [-0.39, 0.29) is 17.8 Å². The van der Waals surface area contributed by atoms with Crippen molar-refractivity contribution in [2.75, 3.05) is 0 Å². The standard InChI is InChI=1S/C17H20FN3O/c1-11(14-5-7-15(18)8-6-14)9-17(22)20-12(2)16-10-19-21(4)13(16)3/h5-10,12H,1-4H3,(H,20,22)/b11-9+/t12-/m1/s1. The molecule has 0 spiro atoms. The Labute approximate surface area is 129 Å². The van der Waals surface area contributed by atoms with Gasteiger partial charge in [0.05, 0.1) is 12.2 Å². The summed E-state index contributed by atoms with van der Waals surface area (Å²) >= 11 is 0. The fourth-order valence-corrected chi connectivity index (χ4v) is 2.27. The van der Waals surface area contributed by atoms with Crippen LogP contribution in [-0.2, 0) is 11.8 Å². The van der Waals surface area contributed by atoms with Crippen molar-refractivity contribution < 1.29 is 9.18 Å². The number of halogens is 1. The summed E-state index contributed by atoms with van der Waals surface area (Å²) in [4.78, 5) is 12.1. The maximum absolute atomic E-state index is 12.9. The second-order valence-electron chi connectivity index (χ2n) is 5.37. The van der Waals surface area contributed by atoms with Crippen molar-refractivity contribution in [2.24, 2.45) is 7.05 Å². The summed E-state index contributed by atoms with van der Waals surface area (Å²) in [5.41, 5.74) is 3.62. The van der Waals surface area contributed by atoms with E-state index in [0.717, 1.165) is 22.4 Å². The summed E-state index contributed by atoms with van der Waals surface area (Å²) in [7, 11) is 1.87. The van der Waals surface area contributed by atoms with Crippen LogP contribution in [0.5, 0.6) is 0 Å². The first-order chi connectivity index (χ1) is 10.4. The van der Waals surface area contributed by atoms with Gasteiger partial charge in [0.1, 0.15) is 5.82 Å². The van der Waals surface area contributed by atoms with Gasteiger partial charge in [-0.1, -0.05) is 12.1 Å². The third kappa shape index (κ3) is 3.61. The Morgan fingerprint density at radius 1 is 1.36 bits per heavy atom. The van der Waals surface area contributed by atoms with Crippen LogP contribution >= 0.6 is 0 Å². The number of nitrogens with one attached hydrogen (secondary N) is 1. The molecule has 0 saturated heterocycles. The van der Waals surface area contributed by atoms with E-state index in [9.17, 15) is 9.18 Å². The number of hydrogen-bond donors (Lipinski definition) is 1. The zero-order valence-electron chi connectivity index (χ0n) is 13.2. The van der Waals surface area contributed by atoms with E-state index < -0.39 is 0 Å². The smallest absolute Gasteiger partial charge is 0.244 e. The molecule has 4 nitrogen and oxygen atoms in total. The molecule has 1 aromatic heterocycles. The zero-order chi connectivity index (χ0) is 16.3.